The Labute approximate surface area is 163 Å². The summed E-state index contributed by atoms with van der Waals surface area (Å²) >= 11 is 0. The van der Waals surface area contributed by atoms with E-state index in [1.807, 2.05) is 12.1 Å². The van der Waals surface area contributed by atoms with E-state index < -0.39 is 0 Å². The van der Waals surface area contributed by atoms with E-state index in [0.29, 0.717) is 11.7 Å². The van der Waals surface area contributed by atoms with Crippen molar-refractivity contribution in [1.82, 2.24) is 10.6 Å². The fourth-order valence-corrected chi connectivity index (χ4v) is 3.02. The third-order valence-corrected chi connectivity index (χ3v) is 4.63. The van der Waals surface area contributed by atoms with Gasteiger partial charge in [-0.15, -0.1) is 0 Å². The van der Waals surface area contributed by atoms with E-state index in [0.717, 1.165) is 84.1 Å². The van der Waals surface area contributed by atoms with Gasteiger partial charge in [0.15, 0.2) is 5.96 Å². The molecule has 1 fully saturated rings. The number of guanidine groups is 1. The lowest BCUT2D eigenvalue weighted by molar-refractivity contribution is 0.0203. The predicted molar refractivity (Wildman–Crippen MR) is 109 cm³/mol. The van der Waals surface area contributed by atoms with Gasteiger partial charge in [0.2, 0.25) is 0 Å². The van der Waals surface area contributed by atoms with Gasteiger partial charge >= 0.3 is 0 Å². The average molecular weight is 378 g/mol. The van der Waals surface area contributed by atoms with Crippen LogP contribution in [-0.2, 0) is 15.9 Å². The van der Waals surface area contributed by atoms with Crippen LogP contribution in [0.3, 0.4) is 0 Å². The molecule has 0 spiro atoms. The van der Waals surface area contributed by atoms with Crippen molar-refractivity contribution in [1.29, 1.82) is 0 Å². The van der Waals surface area contributed by atoms with Crippen LogP contribution in [0.2, 0.25) is 0 Å². The Bertz CT molecular complexity index is 528. The summed E-state index contributed by atoms with van der Waals surface area (Å²) in [7, 11) is 0. The van der Waals surface area contributed by atoms with Crippen LogP contribution in [0.25, 0.3) is 0 Å². The molecule has 27 heavy (non-hydrogen) atoms. The molecule has 1 heterocycles. The molecule has 0 bridgehead atoms. The van der Waals surface area contributed by atoms with E-state index in [2.05, 4.69) is 22.5 Å². The Morgan fingerprint density at radius 1 is 1.19 bits per heavy atom. The largest absolute Gasteiger partial charge is 0.508 e. The number of nitrogens with one attached hydrogen (secondary N) is 2. The van der Waals surface area contributed by atoms with E-state index >= 15 is 0 Å². The van der Waals surface area contributed by atoms with Crippen LogP contribution in [0.15, 0.2) is 29.3 Å². The smallest absolute Gasteiger partial charge is 0.191 e. The van der Waals surface area contributed by atoms with Crippen LogP contribution < -0.4 is 10.6 Å². The second kappa shape index (κ2) is 13.4. The fourth-order valence-electron chi connectivity index (χ4n) is 3.02. The fraction of sp³-hybridized carbons (Fsp3) is 0.667. The molecule has 0 atom stereocenters. The predicted octanol–water partition coefficient (Wildman–Crippen LogP) is 2.71. The molecule has 0 radical (unpaired) electrons. The zero-order valence-corrected chi connectivity index (χ0v) is 16.6. The van der Waals surface area contributed by atoms with Gasteiger partial charge in [0.25, 0.3) is 0 Å². The highest BCUT2D eigenvalue weighted by Crippen LogP contribution is 2.14. The topological polar surface area (TPSA) is 75.1 Å². The maximum Gasteiger partial charge on any atom is 0.191 e. The first-order chi connectivity index (χ1) is 13.3. The lowest BCUT2D eigenvalue weighted by atomic mass is 10.0. The zero-order chi connectivity index (χ0) is 19.2. The maximum absolute atomic E-state index is 9.31. The number of benzene rings is 1. The van der Waals surface area contributed by atoms with Crippen molar-refractivity contribution in [3.63, 3.8) is 0 Å². The van der Waals surface area contributed by atoms with E-state index in [-0.39, 0.29) is 0 Å². The van der Waals surface area contributed by atoms with E-state index in [4.69, 9.17) is 9.47 Å². The van der Waals surface area contributed by atoms with Crippen molar-refractivity contribution >= 4 is 5.96 Å². The molecule has 0 aliphatic carbocycles. The van der Waals surface area contributed by atoms with Gasteiger partial charge in [-0.3, -0.25) is 4.99 Å². The van der Waals surface area contributed by atoms with Crippen LogP contribution in [-0.4, -0.2) is 57.1 Å². The van der Waals surface area contributed by atoms with Gasteiger partial charge in [0.05, 0.1) is 0 Å². The molecule has 0 amide bonds. The minimum atomic E-state index is 0.312. The number of hydrogen-bond donors (Lipinski definition) is 3. The van der Waals surface area contributed by atoms with E-state index in [1.165, 1.54) is 5.56 Å². The Morgan fingerprint density at radius 3 is 2.70 bits per heavy atom. The normalized spacial score (nSPS) is 15.7. The lowest BCUT2D eigenvalue weighted by Gasteiger charge is -2.21. The zero-order valence-electron chi connectivity index (χ0n) is 16.6. The summed E-state index contributed by atoms with van der Waals surface area (Å²) in [6.45, 7) is 7.96. The molecule has 1 aromatic rings. The van der Waals surface area contributed by atoms with Crippen molar-refractivity contribution < 1.29 is 14.6 Å². The number of aryl methyl sites for hydroxylation is 1. The molecule has 2 rings (SSSR count). The molecule has 1 saturated heterocycles. The Kier molecular flexibility index (Phi) is 10.7. The van der Waals surface area contributed by atoms with Gasteiger partial charge in [-0.2, -0.15) is 0 Å². The minimum Gasteiger partial charge on any atom is -0.508 e. The molecule has 1 aliphatic heterocycles. The molecular weight excluding hydrogens is 342 g/mol. The number of phenols is 1. The van der Waals surface area contributed by atoms with Gasteiger partial charge in [-0.05, 0) is 62.6 Å². The van der Waals surface area contributed by atoms with Crippen molar-refractivity contribution in [3.8, 4) is 5.75 Å². The first-order valence-corrected chi connectivity index (χ1v) is 10.2. The molecule has 3 N–H and O–H groups in total. The Hall–Kier alpha value is -1.79. The lowest BCUT2D eigenvalue weighted by Crippen LogP contribution is -2.38. The highest BCUT2D eigenvalue weighted by atomic mass is 16.5. The van der Waals surface area contributed by atoms with Crippen molar-refractivity contribution in [2.24, 2.45) is 10.9 Å². The van der Waals surface area contributed by atoms with Crippen LogP contribution in [0.4, 0.5) is 0 Å². The summed E-state index contributed by atoms with van der Waals surface area (Å²) in [4.78, 5) is 4.63. The minimum absolute atomic E-state index is 0.312. The molecule has 6 nitrogen and oxygen atoms in total. The monoisotopic (exact) mass is 377 g/mol. The SMILES string of the molecule is CCNC(=NCCCc1ccc(O)cc1)NCCCOCC1CCOCC1. The number of hydrogen-bond acceptors (Lipinski definition) is 4. The van der Waals surface area contributed by atoms with Crippen molar-refractivity contribution in [2.45, 2.75) is 39.0 Å². The standard InChI is InChI=1S/C21H35N3O3/c1-2-22-21(23-12-3-5-18-6-8-20(25)9-7-18)24-13-4-14-27-17-19-10-15-26-16-11-19/h6-9,19,25H,2-5,10-17H2,1H3,(H2,22,23,24). The molecule has 6 heteroatoms. The molecule has 1 aromatic carbocycles. The summed E-state index contributed by atoms with van der Waals surface area (Å²) in [6, 6.07) is 7.38. The van der Waals surface area contributed by atoms with Crippen molar-refractivity contribution in [3.05, 3.63) is 29.8 Å². The van der Waals surface area contributed by atoms with Gasteiger partial charge in [-0.25, -0.2) is 0 Å². The number of rotatable bonds is 11. The quantitative estimate of drug-likeness (QED) is 0.314. The third-order valence-electron chi connectivity index (χ3n) is 4.63. The van der Waals surface area contributed by atoms with Crippen molar-refractivity contribution in [2.75, 3.05) is 46.1 Å². The second-order valence-electron chi connectivity index (χ2n) is 6.94. The van der Waals surface area contributed by atoms with E-state index in [1.54, 1.807) is 12.1 Å². The Morgan fingerprint density at radius 2 is 1.96 bits per heavy atom. The summed E-state index contributed by atoms with van der Waals surface area (Å²) in [5.74, 6) is 1.85. The van der Waals surface area contributed by atoms with Crippen LogP contribution in [0.1, 0.15) is 38.2 Å². The van der Waals surface area contributed by atoms with Gasteiger partial charge in [0, 0.05) is 46.1 Å². The maximum atomic E-state index is 9.31. The third kappa shape index (κ3) is 9.63. The average Bonchev–Trinajstić information content (AvgIpc) is 2.70. The number of phenolic OH excluding ortho intramolecular Hbond substituents is 1. The first-order valence-electron chi connectivity index (χ1n) is 10.2. The number of aromatic hydroxyl groups is 1. The molecule has 0 aromatic heterocycles. The Balaban J connectivity index is 1.55. The summed E-state index contributed by atoms with van der Waals surface area (Å²) in [6.07, 6.45) is 5.17. The summed E-state index contributed by atoms with van der Waals surface area (Å²) in [5, 5.41) is 16.0. The van der Waals surface area contributed by atoms with Gasteiger partial charge in [-0.1, -0.05) is 12.1 Å². The highest BCUT2D eigenvalue weighted by Gasteiger charge is 2.13. The highest BCUT2D eigenvalue weighted by molar-refractivity contribution is 5.79. The molecule has 0 saturated carbocycles. The molecule has 152 valence electrons. The number of ether oxygens (including phenoxy) is 2. The first kappa shape index (κ1) is 21.5. The van der Waals surface area contributed by atoms with Gasteiger partial charge in [0.1, 0.15) is 5.75 Å². The summed E-state index contributed by atoms with van der Waals surface area (Å²) in [5.41, 5.74) is 1.22. The molecular formula is C21H35N3O3. The van der Waals surface area contributed by atoms with Crippen LogP contribution in [0, 0.1) is 5.92 Å². The molecule has 0 unspecified atom stereocenters. The van der Waals surface area contributed by atoms with Crippen LogP contribution >= 0.6 is 0 Å². The van der Waals surface area contributed by atoms with E-state index in [9.17, 15) is 5.11 Å². The second-order valence-corrected chi connectivity index (χ2v) is 6.94. The number of nitrogens with zero attached hydrogens (tertiary/aromatic N) is 1. The van der Waals surface area contributed by atoms with Crippen LogP contribution in [0.5, 0.6) is 5.75 Å². The number of aliphatic imine (C=N–C) groups is 1. The van der Waals surface area contributed by atoms with Gasteiger partial charge < -0.3 is 25.2 Å². The summed E-state index contributed by atoms with van der Waals surface area (Å²) < 4.78 is 11.2. The molecule has 1 aliphatic rings.